The van der Waals surface area contributed by atoms with Gasteiger partial charge in [0, 0.05) is 5.75 Å². The Balaban J connectivity index is 5.38. The van der Waals surface area contributed by atoms with Gasteiger partial charge in [-0.15, -0.1) is 0 Å². The molecule has 0 aromatic rings. The van der Waals surface area contributed by atoms with E-state index in [2.05, 4.69) is 28.6 Å². The Hall–Kier alpha value is -2.87. The molecule has 0 spiro atoms. The van der Waals surface area contributed by atoms with E-state index in [-0.39, 0.29) is 5.75 Å². The SMILES string of the molecule is CC(C)C(NC(=O)C(CC(N)=O)NC(=O)C(N)CC(=O)O)C(=O)NC(CS)C(=O)O. The summed E-state index contributed by atoms with van der Waals surface area (Å²) in [6.45, 7) is 3.15. The van der Waals surface area contributed by atoms with Crippen LogP contribution in [0.5, 0.6) is 0 Å². The molecule has 30 heavy (non-hydrogen) atoms. The average molecular weight is 449 g/mol. The van der Waals surface area contributed by atoms with Crippen molar-refractivity contribution in [2.75, 3.05) is 5.75 Å². The van der Waals surface area contributed by atoms with E-state index in [4.69, 9.17) is 21.7 Å². The molecular weight excluding hydrogens is 422 g/mol. The molecule has 4 amide bonds. The van der Waals surface area contributed by atoms with Crippen LogP contribution in [0, 0.1) is 5.92 Å². The monoisotopic (exact) mass is 449 g/mol. The van der Waals surface area contributed by atoms with E-state index >= 15 is 0 Å². The number of thiol groups is 1. The fraction of sp³-hybridized carbons (Fsp3) is 0.625. The Morgan fingerprint density at radius 1 is 0.867 bits per heavy atom. The maximum absolute atomic E-state index is 12.6. The van der Waals surface area contributed by atoms with Crippen LogP contribution in [0.15, 0.2) is 0 Å². The molecule has 170 valence electrons. The normalized spacial score (nSPS) is 14.7. The zero-order valence-electron chi connectivity index (χ0n) is 16.5. The van der Waals surface area contributed by atoms with Crippen molar-refractivity contribution in [3.63, 3.8) is 0 Å². The second-order valence-corrected chi connectivity index (χ2v) is 7.11. The van der Waals surface area contributed by atoms with Crippen molar-refractivity contribution in [1.82, 2.24) is 16.0 Å². The Morgan fingerprint density at radius 3 is 1.80 bits per heavy atom. The molecule has 4 atom stereocenters. The summed E-state index contributed by atoms with van der Waals surface area (Å²) in [6.07, 6.45) is -1.35. The van der Waals surface area contributed by atoms with Gasteiger partial charge in [-0.1, -0.05) is 13.8 Å². The van der Waals surface area contributed by atoms with E-state index in [9.17, 15) is 28.8 Å². The standard InChI is InChI=1S/C16H27N5O8S/c1-6(2)12(15(27)20-9(5-30)16(28)29)21-14(26)8(4-10(18)22)19-13(25)7(17)3-11(23)24/h6-9,12,30H,3-5,17H2,1-2H3,(H2,18,22)(H,19,25)(H,20,27)(H,21,26)(H,23,24)(H,28,29). The average Bonchev–Trinajstić information content (AvgIpc) is 2.61. The van der Waals surface area contributed by atoms with Crippen LogP contribution in [0.3, 0.4) is 0 Å². The number of amides is 4. The molecule has 0 radical (unpaired) electrons. The summed E-state index contributed by atoms with van der Waals surface area (Å²) in [4.78, 5) is 70.0. The number of carbonyl (C=O) groups excluding carboxylic acids is 4. The Kier molecular flexibility index (Phi) is 11.4. The molecule has 14 heteroatoms. The molecule has 0 aromatic heterocycles. The van der Waals surface area contributed by atoms with Crippen molar-refractivity contribution >= 4 is 48.2 Å². The summed E-state index contributed by atoms with van der Waals surface area (Å²) in [6, 6.07) is -5.51. The first-order chi connectivity index (χ1) is 13.8. The van der Waals surface area contributed by atoms with Gasteiger partial charge in [0.05, 0.1) is 18.9 Å². The van der Waals surface area contributed by atoms with Crippen LogP contribution in [0.2, 0.25) is 0 Å². The highest BCUT2D eigenvalue weighted by Crippen LogP contribution is 2.05. The van der Waals surface area contributed by atoms with Crippen molar-refractivity contribution in [2.24, 2.45) is 17.4 Å². The van der Waals surface area contributed by atoms with Crippen LogP contribution in [0.1, 0.15) is 26.7 Å². The third-order valence-corrected chi connectivity index (χ3v) is 4.18. The summed E-state index contributed by atoms with van der Waals surface area (Å²) >= 11 is 3.83. The van der Waals surface area contributed by atoms with Gasteiger partial charge in [-0.25, -0.2) is 4.79 Å². The van der Waals surface area contributed by atoms with Crippen molar-refractivity contribution in [1.29, 1.82) is 0 Å². The first kappa shape index (κ1) is 27.1. The van der Waals surface area contributed by atoms with Gasteiger partial charge in [0.15, 0.2) is 0 Å². The van der Waals surface area contributed by atoms with Crippen LogP contribution in [0.4, 0.5) is 0 Å². The molecule has 4 unspecified atom stereocenters. The molecule has 0 rings (SSSR count). The van der Waals surface area contributed by atoms with E-state index in [0.29, 0.717) is 0 Å². The predicted molar refractivity (Wildman–Crippen MR) is 106 cm³/mol. The lowest BCUT2D eigenvalue weighted by atomic mass is 10.0. The zero-order chi connectivity index (χ0) is 23.6. The first-order valence-corrected chi connectivity index (χ1v) is 9.43. The first-order valence-electron chi connectivity index (χ1n) is 8.80. The fourth-order valence-corrected chi connectivity index (χ4v) is 2.45. The maximum atomic E-state index is 12.6. The van der Waals surface area contributed by atoms with Crippen LogP contribution in [0.25, 0.3) is 0 Å². The summed E-state index contributed by atoms with van der Waals surface area (Å²) in [5, 5.41) is 24.4. The molecule has 0 heterocycles. The molecule has 9 N–H and O–H groups in total. The van der Waals surface area contributed by atoms with Gasteiger partial charge in [-0.05, 0) is 5.92 Å². The van der Waals surface area contributed by atoms with Crippen LogP contribution >= 0.6 is 12.6 Å². The molecule has 0 saturated carbocycles. The second kappa shape index (κ2) is 12.6. The quantitative estimate of drug-likeness (QED) is 0.132. The number of rotatable bonds is 13. The summed E-state index contributed by atoms with van der Waals surface area (Å²) in [5.74, 6) is -7.09. The highest BCUT2D eigenvalue weighted by molar-refractivity contribution is 7.80. The molecule has 0 saturated heterocycles. The van der Waals surface area contributed by atoms with E-state index in [1.807, 2.05) is 0 Å². The summed E-state index contributed by atoms with van der Waals surface area (Å²) in [7, 11) is 0. The van der Waals surface area contributed by atoms with Gasteiger partial charge < -0.3 is 37.6 Å². The molecule has 0 bridgehead atoms. The van der Waals surface area contributed by atoms with Crippen LogP contribution in [-0.2, 0) is 28.8 Å². The summed E-state index contributed by atoms with van der Waals surface area (Å²) in [5.41, 5.74) is 10.5. The summed E-state index contributed by atoms with van der Waals surface area (Å²) < 4.78 is 0. The highest BCUT2D eigenvalue weighted by Gasteiger charge is 2.32. The van der Waals surface area contributed by atoms with Gasteiger partial charge >= 0.3 is 11.9 Å². The van der Waals surface area contributed by atoms with Crippen molar-refractivity contribution in [3.05, 3.63) is 0 Å². The molecule has 13 nitrogen and oxygen atoms in total. The van der Waals surface area contributed by atoms with E-state index < -0.39 is 78.5 Å². The topological polar surface area (TPSA) is 231 Å². The lowest BCUT2D eigenvalue weighted by Gasteiger charge is -2.26. The van der Waals surface area contributed by atoms with Crippen LogP contribution < -0.4 is 27.4 Å². The smallest absolute Gasteiger partial charge is 0.327 e. The predicted octanol–water partition coefficient (Wildman–Crippen LogP) is -3.21. The molecule has 0 aliphatic carbocycles. The number of hydrogen-bond donors (Lipinski definition) is 8. The molecule has 0 aliphatic rings. The van der Waals surface area contributed by atoms with E-state index in [1.54, 1.807) is 13.8 Å². The highest BCUT2D eigenvalue weighted by atomic mass is 32.1. The van der Waals surface area contributed by atoms with Crippen molar-refractivity contribution < 1.29 is 39.0 Å². The second-order valence-electron chi connectivity index (χ2n) is 6.75. The third-order valence-electron chi connectivity index (χ3n) is 3.81. The Labute approximate surface area is 177 Å². The fourth-order valence-electron chi connectivity index (χ4n) is 2.21. The largest absolute Gasteiger partial charge is 0.481 e. The number of nitrogens with one attached hydrogen (secondary N) is 3. The number of aliphatic carboxylic acids is 2. The van der Waals surface area contributed by atoms with Gasteiger partial charge in [-0.3, -0.25) is 24.0 Å². The van der Waals surface area contributed by atoms with Crippen LogP contribution in [-0.4, -0.2) is 75.7 Å². The molecule has 0 fully saturated rings. The van der Waals surface area contributed by atoms with Gasteiger partial charge in [0.1, 0.15) is 18.1 Å². The maximum Gasteiger partial charge on any atom is 0.327 e. The Morgan fingerprint density at radius 2 is 1.40 bits per heavy atom. The minimum Gasteiger partial charge on any atom is -0.481 e. The third kappa shape index (κ3) is 9.56. The van der Waals surface area contributed by atoms with E-state index in [1.165, 1.54) is 0 Å². The van der Waals surface area contributed by atoms with Gasteiger partial charge in [-0.2, -0.15) is 12.6 Å². The zero-order valence-corrected chi connectivity index (χ0v) is 17.3. The van der Waals surface area contributed by atoms with Gasteiger partial charge in [0.2, 0.25) is 23.6 Å². The molecule has 0 aliphatic heterocycles. The van der Waals surface area contributed by atoms with Gasteiger partial charge in [0.25, 0.3) is 0 Å². The minimum absolute atomic E-state index is 0.193. The number of nitrogens with two attached hydrogens (primary N) is 2. The number of carboxylic acids is 2. The van der Waals surface area contributed by atoms with Crippen molar-refractivity contribution in [3.8, 4) is 0 Å². The lowest BCUT2D eigenvalue weighted by molar-refractivity contribution is -0.142. The van der Waals surface area contributed by atoms with Crippen molar-refractivity contribution in [2.45, 2.75) is 50.9 Å². The molecular formula is C16H27N5O8S. The number of carbonyl (C=O) groups is 6. The Bertz CT molecular complexity index is 687. The van der Waals surface area contributed by atoms with E-state index in [0.717, 1.165) is 0 Å². The lowest BCUT2D eigenvalue weighted by Crippen LogP contribution is -2.59. The number of carboxylic acid groups (broad SMARTS) is 2. The minimum atomic E-state index is -1.52. The number of primary amides is 1. The number of hydrogen-bond acceptors (Lipinski definition) is 8. The molecule has 0 aromatic carbocycles.